The quantitative estimate of drug-likeness (QED) is 0.272. The molecule has 0 unspecified atom stereocenters. The summed E-state index contributed by atoms with van der Waals surface area (Å²) in [6.07, 6.45) is 5.37. The zero-order chi connectivity index (χ0) is 25.4. The Balaban J connectivity index is 1.43. The zero-order valence-electron chi connectivity index (χ0n) is 20.3. The van der Waals surface area contributed by atoms with Gasteiger partial charge in [0.1, 0.15) is 22.8 Å². The van der Waals surface area contributed by atoms with Crippen LogP contribution < -0.4 is 10.1 Å². The van der Waals surface area contributed by atoms with Crippen LogP contribution in [0.15, 0.2) is 67.1 Å². The maximum Gasteiger partial charge on any atom is 0.135 e. The second-order valence-electron chi connectivity index (χ2n) is 8.71. The van der Waals surface area contributed by atoms with Crippen LogP contribution in [0.4, 0.5) is 4.39 Å². The number of ether oxygens (including phenoxy) is 1. The molecule has 0 atom stereocenters. The molecule has 8 nitrogen and oxygen atoms in total. The SMILES string of the molecule is CCNCc1cncc(-c2ccc3[nH]nc(-c4cc5c(-c6cc(F)cc(OC)c6)nccc5[nH]4)c3n2)c1. The molecule has 3 N–H and O–H groups in total. The molecule has 0 radical (unpaired) electrons. The number of benzene rings is 1. The molecule has 0 aliphatic carbocycles. The smallest absolute Gasteiger partial charge is 0.135 e. The lowest BCUT2D eigenvalue weighted by Gasteiger charge is -2.06. The van der Waals surface area contributed by atoms with Gasteiger partial charge in [-0.3, -0.25) is 15.1 Å². The van der Waals surface area contributed by atoms with Crippen LogP contribution in [0.25, 0.3) is 55.8 Å². The summed E-state index contributed by atoms with van der Waals surface area (Å²) >= 11 is 0. The highest BCUT2D eigenvalue weighted by Gasteiger charge is 2.17. The first-order valence-corrected chi connectivity index (χ1v) is 12.0. The molecule has 37 heavy (non-hydrogen) atoms. The minimum absolute atomic E-state index is 0.386. The standard InChI is InChI=1S/C28H24FN7O/c1-3-30-13-16-8-18(15-31-14-16)22-4-5-24-27(34-22)28(36-35-24)25-12-21-23(33-25)6-7-32-26(21)17-9-19(29)11-20(10-17)37-2/h4-12,14-15,30,33H,3,13H2,1-2H3,(H,35,36). The van der Waals surface area contributed by atoms with E-state index in [4.69, 9.17) is 9.72 Å². The average molecular weight is 494 g/mol. The molecule has 0 saturated carbocycles. The number of halogens is 1. The van der Waals surface area contributed by atoms with Gasteiger partial charge in [-0.05, 0) is 54.6 Å². The van der Waals surface area contributed by atoms with E-state index in [0.717, 1.165) is 57.5 Å². The van der Waals surface area contributed by atoms with Crippen molar-refractivity contribution in [1.82, 2.24) is 35.5 Å². The van der Waals surface area contributed by atoms with Gasteiger partial charge in [0.15, 0.2) is 0 Å². The summed E-state index contributed by atoms with van der Waals surface area (Å²) in [6, 6.07) is 14.4. The Hall–Kier alpha value is -4.63. The van der Waals surface area contributed by atoms with E-state index in [9.17, 15) is 4.39 Å². The van der Waals surface area contributed by atoms with Crippen molar-refractivity contribution in [3.63, 3.8) is 0 Å². The summed E-state index contributed by atoms with van der Waals surface area (Å²) < 4.78 is 19.5. The molecular weight excluding hydrogens is 469 g/mol. The van der Waals surface area contributed by atoms with Crippen molar-refractivity contribution in [3.05, 3.63) is 78.5 Å². The number of nitrogens with zero attached hydrogens (tertiary/aromatic N) is 4. The topological polar surface area (TPSA) is 104 Å². The molecule has 6 rings (SSSR count). The molecule has 1 aromatic carbocycles. The lowest BCUT2D eigenvalue weighted by atomic mass is 10.1. The predicted octanol–water partition coefficient (Wildman–Crippen LogP) is 5.49. The Bertz CT molecular complexity index is 1740. The van der Waals surface area contributed by atoms with Gasteiger partial charge in [0.2, 0.25) is 0 Å². The van der Waals surface area contributed by atoms with E-state index in [1.54, 1.807) is 12.3 Å². The number of rotatable bonds is 7. The van der Waals surface area contributed by atoms with Crippen molar-refractivity contribution in [2.45, 2.75) is 13.5 Å². The van der Waals surface area contributed by atoms with Gasteiger partial charge < -0.3 is 15.0 Å². The Morgan fingerprint density at radius 3 is 2.76 bits per heavy atom. The Labute approximate surface area is 212 Å². The van der Waals surface area contributed by atoms with E-state index < -0.39 is 0 Å². The van der Waals surface area contributed by atoms with E-state index in [-0.39, 0.29) is 5.82 Å². The molecule has 0 fully saturated rings. The maximum absolute atomic E-state index is 14.2. The number of pyridine rings is 3. The fourth-order valence-corrected chi connectivity index (χ4v) is 4.47. The second-order valence-corrected chi connectivity index (χ2v) is 8.71. The van der Waals surface area contributed by atoms with Crippen LogP contribution in [0.1, 0.15) is 12.5 Å². The highest BCUT2D eigenvalue weighted by Crippen LogP contribution is 2.34. The van der Waals surface area contributed by atoms with E-state index in [0.29, 0.717) is 22.7 Å². The first-order chi connectivity index (χ1) is 18.1. The maximum atomic E-state index is 14.2. The van der Waals surface area contributed by atoms with Gasteiger partial charge in [0.05, 0.1) is 29.7 Å². The molecule has 0 aliphatic rings. The molecule has 9 heteroatoms. The van der Waals surface area contributed by atoms with Crippen molar-refractivity contribution >= 4 is 21.9 Å². The summed E-state index contributed by atoms with van der Waals surface area (Å²) in [7, 11) is 1.51. The molecule has 5 aromatic heterocycles. The van der Waals surface area contributed by atoms with Crippen molar-refractivity contribution in [3.8, 4) is 39.7 Å². The van der Waals surface area contributed by atoms with E-state index in [1.807, 2.05) is 36.7 Å². The molecule has 0 spiro atoms. The van der Waals surface area contributed by atoms with E-state index >= 15 is 0 Å². The number of H-pyrrole nitrogens is 2. The van der Waals surface area contributed by atoms with Crippen LogP contribution in [-0.2, 0) is 6.54 Å². The molecule has 5 heterocycles. The lowest BCUT2D eigenvalue weighted by molar-refractivity contribution is 0.411. The summed E-state index contributed by atoms with van der Waals surface area (Å²) in [5.41, 5.74) is 8.01. The number of hydrogen-bond donors (Lipinski definition) is 3. The first kappa shape index (κ1) is 22.8. The first-order valence-electron chi connectivity index (χ1n) is 12.0. The van der Waals surface area contributed by atoms with Crippen LogP contribution in [0.3, 0.4) is 0 Å². The third-order valence-corrected chi connectivity index (χ3v) is 6.26. The number of hydrogen-bond acceptors (Lipinski definition) is 6. The van der Waals surface area contributed by atoms with Crippen LogP contribution >= 0.6 is 0 Å². The van der Waals surface area contributed by atoms with Gasteiger partial charge in [-0.15, -0.1) is 0 Å². The average Bonchev–Trinajstić information content (AvgIpc) is 3.55. The van der Waals surface area contributed by atoms with Crippen LogP contribution in [-0.4, -0.2) is 43.8 Å². The third-order valence-electron chi connectivity index (χ3n) is 6.26. The molecule has 0 aliphatic heterocycles. The molecule has 6 aromatic rings. The summed E-state index contributed by atoms with van der Waals surface area (Å²) in [5, 5.41) is 11.8. The Morgan fingerprint density at radius 1 is 0.973 bits per heavy atom. The minimum Gasteiger partial charge on any atom is -0.497 e. The van der Waals surface area contributed by atoms with Gasteiger partial charge in [0.25, 0.3) is 0 Å². The minimum atomic E-state index is -0.386. The second kappa shape index (κ2) is 9.44. The van der Waals surface area contributed by atoms with Crippen molar-refractivity contribution in [1.29, 1.82) is 0 Å². The van der Waals surface area contributed by atoms with Gasteiger partial charge >= 0.3 is 0 Å². The normalized spacial score (nSPS) is 11.4. The lowest BCUT2D eigenvalue weighted by Crippen LogP contribution is -2.11. The van der Waals surface area contributed by atoms with Gasteiger partial charge in [-0.1, -0.05) is 6.92 Å². The number of aromatic amines is 2. The summed E-state index contributed by atoms with van der Waals surface area (Å²) in [6.45, 7) is 3.71. The third kappa shape index (κ3) is 4.30. The number of fused-ring (bicyclic) bond motifs is 2. The highest BCUT2D eigenvalue weighted by molar-refractivity contribution is 5.99. The monoisotopic (exact) mass is 493 g/mol. The Kier molecular flexibility index (Phi) is 5.82. The van der Waals surface area contributed by atoms with Gasteiger partial charge in [0, 0.05) is 53.2 Å². The molecular formula is C28H24FN7O. The fourth-order valence-electron chi connectivity index (χ4n) is 4.47. The summed E-state index contributed by atoms with van der Waals surface area (Å²) in [4.78, 5) is 17.3. The fraction of sp³-hybridized carbons (Fsp3) is 0.143. The van der Waals surface area contributed by atoms with Gasteiger partial charge in [-0.25, -0.2) is 9.37 Å². The zero-order valence-corrected chi connectivity index (χ0v) is 20.3. The van der Waals surface area contributed by atoms with Crippen LogP contribution in [0.5, 0.6) is 5.75 Å². The van der Waals surface area contributed by atoms with Gasteiger partial charge in [-0.2, -0.15) is 5.10 Å². The molecule has 184 valence electrons. The van der Waals surface area contributed by atoms with Crippen LogP contribution in [0.2, 0.25) is 0 Å². The highest BCUT2D eigenvalue weighted by atomic mass is 19.1. The number of nitrogens with one attached hydrogen (secondary N) is 3. The van der Waals surface area contributed by atoms with Crippen LogP contribution in [0, 0.1) is 5.82 Å². The van der Waals surface area contributed by atoms with E-state index in [1.165, 1.54) is 19.2 Å². The van der Waals surface area contributed by atoms with Crippen molar-refractivity contribution in [2.24, 2.45) is 0 Å². The Morgan fingerprint density at radius 2 is 1.89 bits per heavy atom. The number of methoxy groups -OCH3 is 1. The van der Waals surface area contributed by atoms with Crippen molar-refractivity contribution in [2.75, 3.05) is 13.7 Å². The van der Waals surface area contributed by atoms with E-state index in [2.05, 4.69) is 43.5 Å². The predicted molar refractivity (Wildman–Crippen MR) is 142 cm³/mol. The molecule has 0 saturated heterocycles. The molecule has 0 amide bonds. The number of aromatic nitrogens is 6. The molecule has 0 bridgehead atoms. The largest absolute Gasteiger partial charge is 0.497 e. The summed E-state index contributed by atoms with van der Waals surface area (Å²) in [5.74, 6) is 0.0478. The van der Waals surface area contributed by atoms with Crippen molar-refractivity contribution < 1.29 is 9.13 Å².